The van der Waals surface area contributed by atoms with E-state index < -0.39 is 0 Å². The van der Waals surface area contributed by atoms with E-state index in [4.69, 9.17) is 10.5 Å². The lowest BCUT2D eigenvalue weighted by molar-refractivity contribution is -0.0705. The Morgan fingerprint density at radius 3 is 2.62 bits per heavy atom. The van der Waals surface area contributed by atoms with Crippen LogP contribution >= 0.6 is 0 Å². The number of anilines is 1. The maximum absolute atomic E-state index is 5.70. The molecule has 1 saturated heterocycles. The van der Waals surface area contributed by atoms with Gasteiger partial charge in [0.1, 0.15) is 5.82 Å². The Balaban J connectivity index is 1.96. The largest absolute Gasteiger partial charge is 0.384 e. The molecule has 0 radical (unpaired) electrons. The Hall–Kier alpha value is -1.13. The fraction of sp³-hybridized carbons (Fsp3) is 0.583. The van der Waals surface area contributed by atoms with Gasteiger partial charge >= 0.3 is 0 Å². The molecule has 0 amide bonds. The van der Waals surface area contributed by atoms with Crippen molar-refractivity contribution >= 4 is 5.82 Å². The van der Waals surface area contributed by atoms with Crippen LogP contribution in [-0.4, -0.2) is 35.2 Å². The van der Waals surface area contributed by atoms with Crippen molar-refractivity contribution < 1.29 is 4.74 Å². The third-order valence-electron chi connectivity index (χ3n) is 2.75. The fourth-order valence-electron chi connectivity index (χ4n) is 2.20. The SMILES string of the molecule is CC1CN(Cc2ccc(N)nc2)CC(C)O1. The topological polar surface area (TPSA) is 51.4 Å². The van der Waals surface area contributed by atoms with Gasteiger partial charge in [-0.3, -0.25) is 4.90 Å². The van der Waals surface area contributed by atoms with E-state index in [1.54, 1.807) is 0 Å². The standard InChI is InChI=1S/C12H19N3O/c1-9-6-15(7-10(2)16-9)8-11-3-4-12(13)14-5-11/h3-5,9-10H,6-8H2,1-2H3,(H2,13,14). The van der Waals surface area contributed by atoms with Crippen LogP contribution in [-0.2, 0) is 11.3 Å². The number of pyridine rings is 1. The number of aromatic nitrogens is 1. The molecule has 0 spiro atoms. The first kappa shape index (κ1) is 11.4. The van der Waals surface area contributed by atoms with Crippen LogP contribution in [0.2, 0.25) is 0 Å². The average Bonchev–Trinajstić information content (AvgIpc) is 2.20. The summed E-state index contributed by atoms with van der Waals surface area (Å²) in [4.78, 5) is 6.50. The van der Waals surface area contributed by atoms with Crippen molar-refractivity contribution in [2.24, 2.45) is 0 Å². The predicted octanol–water partition coefficient (Wildman–Crippen LogP) is 1.27. The fourth-order valence-corrected chi connectivity index (χ4v) is 2.20. The molecule has 0 aliphatic carbocycles. The summed E-state index contributed by atoms with van der Waals surface area (Å²) in [5, 5.41) is 0. The number of nitrogen functional groups attached to an aromatic ring is 1. The van der Waals surface area contributed by atoms with E-state index in [9.17, 15) is 0 Å². The van der Waals surface area contributed by atoms with Gasteiger partial charge in [-0.1, -0.05) is 6.07 Å². The van der Waals surface area contributed by atoms with Crippen LogP contribution in [0.4, 0.5) is 5.82 Å². The predicted molar refractivity (Wildman–Crippen MR) is 63.9 cm³/mol. The molecule has 2 N–H and O–H groups in total. The number of hydrogen-bond donors (Lipinski definition) is 1. The van der Waals surface area contributed by atoms with Crippen molar-refractivity contribution in [2.45, 2.75) is 32.6 Å². The molecule has 4 nitrogen and oxygen atoms in total. The van der Waals surface area contributed by atoms with Crippen LogP contribution in [0.25, 0.3) is 0 Å². The minimum Gasteiger partial charge on any atom is -0.384 e. The average molecular weight is 221 g/mol. The van der Waals surface area contributed by atoms with Gasteiger partial charge in [-0.05, 0) is 25.5 Å². The summed E-state index contributed by atoms with van der Waals surface area (Å²) in [6, 6.07) is 3.88. The highest BCUT2D eigenvalue weighted by atomic mass is 16.5. The summed E-state index contributed by atoms with van der Waals surface area (Å²) in [7, 11) is 0. The van der Waals surface area contributed by atoms with Gasteiger partial charge in [-0.25, -0.2) is 4.98 Å². The van der Waals surface area contributed by atoms with E-state index in [2.05, 4.69) is 23.7 Å². The molecule has 88 valence electrons. The number of ether oxygens (including phenoxy) is 1. The molecular weight excluding hydrogens is 202 g/mol. The van der Waals surface area contributed by atoms with Crippen molar-refractivity contribution in [3.05, 3.63) is 23.9 Å². The lowest BCUT2D eigenvalue weighted by Crippen LogP contribution is -2.44. The summed E-state index contributed by atoms with van der Waals surface area (Å²) >= 11 is 0. The maximum Gasteiger partial charge on any atom is 0.123 e. The third kappa shape index (κ3) is 2.93. The van der Waals surface area contributed by atoms with Crippen molar-refractivity contribution in [1.29, 1.82) is 0 Å². The van der Waals surface area contributed by atoms with E-state index in [0.717, 1.165) is 19.6 Å². The van der Waals surface area contributed by atoms with E-state index in [1.165, 1.54) is 5.56 Å². The first-order valence-electron chi connectivity index (χ1n) is 5.71. The van der Waals surface area contributed by atoms with Gasteiger partial charge in [0.25, 0.3) is 0 Å². The highest BCUT2D eigenvalue weighted by Crippen LogP contribution is 2.14. The molecule has 2 unspecified atom stereocenters. The molecule has 0 bridgehead atoms. The van der Waals surface area contributed by atoms with Crippen LogP contribution in [0, 0.1) is 0 Å². The third-order valence-corrected chi connectivity index (χ3v) is 2.75. The maximum atomic E-state index is 5.70. The smallest absolute Gasteiger partial charge is 0.123 e. The number of nitrogens with zero attached hydrogens (tertiary/aromatic N) is 2. The zero-order chi connectivity index (χ0) is 11.5. The molecule has 2 heterocycles. The molecule has 16 heavy (non-hydrogen) atoms. The van der Waals surface area contributed by atoms with Gasteiger partial charge in [0.2, 0.25) is 0 Å². The minimum atomic E-state index is 0.311. The summed E-state index contributed by atoms with van der Waals surface area (Å²) < 4.78 is 5.70. The number of rotatable bonds is 2. The molecule has 1 aliphatic heterocycles. The van der Waals surface area contributed by atoms with Crippen LogP contribution in [0.15, 0.2) is 18.3 Å². The summed E-state index contributed by atoms with van der Waals surface area (Å²) in [6.45, 7) is 7.11. The first-order valence-corrected chi connectivity index (χ1v) is 5.71. The van der Waals surface area contributed by atoms with E-state index in [1.807, 2.05) is 18.3 Å². The zero-order valence-electron chi connectivity index (χ0n) is 9.89. The molecule has 0 saturated carbocycles. The lowest BCUT2D eigenvalue weighted by Gasteiger charge is -2.35. The van der Waals surface area contributed by atoms with Crippen molar-refractivity contribution in [3.8, 4) is 0 Å². The van der Waals surface area contributed by atoms with Gasteiger partial charge in [0.15, 0.2) is 0 Å². The number of nitrogens with two attached hydrogens (primary N) is 1. The monoisotopic (exact) mass is 221 g/mol. The van der Waals surface area contributed by atoms with Crippen LogP contribution in [0.1, 0.15) is 19.4 Å². The molecule has 1 aromatic rings. The quantitative estimate of drug-likeness (QED) is 0.817. The summed E-state index contributed by atoms with van der Waals surface area (Å²) in [5.74, 6) is 0.576. The Bertz CT molecular complexity index is 329. The minimum absolute atomic E-state index is 0.311. The summed E-state index contributed by atoms with van der Waals surface area (Å²) in [6.07, 6.45) is 2.47. The zero-order valence-corrected chi connectivity index (χ0v) is 9.89. The molecule has 4 heteroatoms. The molecule has 1 aliphatic rings. The van der Waals surface area contributed by atoms with Crippen molar-refractivity contribution in [3.63, 3.8) is 0 Å². The Morgan fingerprint density at radius 2 is 2.06 bits per heavy atom. The highest BCUT2D eigenvalue weighted by molar-refractivity contribution is 5.29. The second kappa shape index (κ2) is 4.80. The van der Waals surface area contributed by atoms with E-state index in [-0.39, 0.29) is 0 Å². The second-order valence-electron chi connectivity index (χ2n) is 4.54. The van der Waals surface area contributed by atoms with Crippen molar-refractivity contribution in [1.82, 2.24) is 9.88 Å². The molecule has 0 aromatic carbocycles. The summed E-state index contributed by atoms with van der Waals surface area (Å²) in [5.41, 5.74) is 6.76. The van der Waals surface area contributed by atoms with E-state index in [0.29, 0.717) is 18.0 Å². The van der Waals surface area contributed by atoms with Gasteiger partial charge in [0, 0.05) is 25.8 Å². The van der Waals surface area contributed by atoms with Gasteiger partial charge < -0.3 is 10.5 Å². The molecular formula is C12H19N3O. The molecule has 1 aromatic heterocycles. The number of hydrogen-bond acceptors (Lipinski definition) is 4. The normalized spacial score (nSPS) is 26.9. The molecule has 2 atom stereocenters. The Morgan fingerprint density at radius 1 is 1.38 bits per heavy atom. The second-order valence-corrected chi connectivity index (χ2v) is 4.54. The van der Waals surface area contributed by atoms with Gasteiger partial charge in [-0.2, -0.15) is 0 Å². The van der Waals surface area contributed by atoms with Crippen LogP contribution in [0.5, 0.6) is 0 Å². The van der Waals surface area contributed by atoms with Crippen LogP contribution < -0.4 is 5.73 Å². The highest BCUT2D eigenvalue weighted by Gasteiger charge is 2.21. The number of morpholine rings is 1. The Labute approximate surface area is 96.4 Å². The van der Waals surface area contributed by atoms with Crippen LogP contribution in [0.3, 0.4) is 0 Å². The molecule has 1 fully saturated rings. The van der Waals surface area contributed by atoms with Crippen molar-refractivity contribution in [2.75, 3.05) is 18.8 Å². The first-order chi connectivity index (χ1) is 7.63. The van der Waals surface area contributed by atoms with Gasteiger partial charge in [-0.15, -0.1) is 0 Å². The van der Waals surface area contributed by atoms with E-state index >= 15 is 0 Å². The lowest BCUT2D eigenvalue weighted by atomic mass is 10.2. The van der Waals surface area contributed by atoms with Gasteiger partial charge in [0.05, 0.1) is 12.2 Å². The molecule has 2 rings (SSSR count). The Kier molecular flexibility index (Phi) is 3.41.